The molecular formula is C15H17BrN4OS. The molecule has 0 radical (unpaired) electrons. The van der Waals surface area contributed by atoms with E-state index in [0.29, 0.717) is 23.4 Å². The minimum Gasteiger partial charge on any atom is -0.341 e. The number of aromatic nitrogens is 3. The number of aromatic amines is 1. The quantitative estimate of drug-likeness (QED) is 0.781. The van der Waals surface area contributed by atoms with Crippen LogP contribution in [0.3, 0.4) is 0 Å². The SMILES string of the molecule is CN(Cc1ccccc1Br)C(=O)CSc1n[nH]c(C2CC2)n1. The van der Waals surface area contributed by atoms with E-state index in [4.69, 9.17) is 0 Å². The molecule has 0 saturated heterocycles. The average Bonchev–Trinajstić information content (AvgIpc) is 3.26. The fourth-order valence-electron chi connectivity index (χ4n) is 2.07. The summed E-state index contributed by atoms with van der Waals surface area (Å²) < 4.78 is 1.02. The monoisotopic (exact) mass is 380 g/mol. The molecule has 3 rings (SSSR count). The van der Waals surface area contributed by atoms with Crippen LogP contribution in [0.1, 0.15) is 30.1 Å². The number of thioether (sulfide) groups is 1. The van der Waals surface area contributed by atoms with Crippen molar-refractivity contribution >= 4 is 33.6 Å². The van der Waals surface area contributed by atoms with Crippen LogP contribution >= 0.6 is 27.7 Å². The number of nitrogens with zero attached hydrogens (tertiary/aromatic N) is 3. The number of carbonyl (C=O) groups is 1. The van der Waals surface area contributed by atoms with E-state index in [2.05, 4.69) is 31.1 Å². The highest BCUT2D eigenvalue weighted by atomic mass is 79.9. The van der Waals surface area contributed by atoms with Gasteiger partial charge in [0.25, 0.3) is 0 Å². The molecule has 5 nitrogen and oxygen atoms in total. The van der Waals surface area contributed by atoms with Crippen molar-refractivity contribution in [2.75, 3.05) is 12.8 Å². The molecular weight excluding hydrogens is 364 g/mol. The molecule has 0 atom stereocenters. The summed E-state index contributed by atoms with van der Waals surface area (Å²) in [6.07, 6.45) is 2.37. The summed E-state index contributed by atoms with van der Waals surface area (Å²) in [6, 6.07) is 7.93. The maximum absolute atomic E-state index is 12.2. The molecule has 1 heterocycles. The maximum atomic E-state index is 12.2. The van der Waals surface area contributed by atoms with E-state index in [1.165, 1.54) is 24.6 Å². The molecule has 1 aliphatic carbocycles. The zero-order chi connectivity index (χ0) is 15.5. The molecule has 1 aromatic heterocycles. The van der Waals surface area contributed by atoms with Gasteiger partial charge in [-0.1, -0.05) is 45.9 Å². The van der Waals surface area contributed by atoms with E-state index in [-0.39, 0.29) is 5.91 Å². The van der Waals surface area contributed by atoms with Crippen molar-refractivity contribution in [1.82, 2.24) is 20.1 Å². The third-order valence-electron chi connectivity index (χ3n) is 3.56. The van der Waals surface area contributed by atoms with E-state index in [0.717, 1.165) is 15.9 Å². The van der Waals surface area contributed by atoms with Gasteiger partial charge in [-0.2, -0.15) is 0 Å². The van der Waals surface area contributed by atoms with E-state index in [1.54, 1.807) is 4.90 Å². The number of nitrogens with one attached hydrogen (secondary N) is 1. The first-order chi connectivity index (χ1) is 10.6. The summed E-state index contributed by atoms with van der Waals surface area (Å²) >= 11 is 4.89. The molecule has 1 aromatic carbocycles. The Balaban J connectivity index is 1.51. The molecule has 1 amide bonds. The largest absolute Gasteiger partial charge is 0.341 e. The zero-order valence-electron chi connectivity index (χ0n) is 12.3. The first-order valence-corrected chi connectivity index (χ1v) is 8.94. The Morgan fingerprint density at radius 1 is 1.45 bits per heavy atom. The number of halogens is 1. The topological polar surface area (TPSA) is 61.9 Å². The fourth-order valence-corrected chi connectivity index (χ4v) is 3.23. The number of carbonyl (C=O) groups excluding carboxylic acids is 1. The molecule has 1 fully saturated rings. The number of hydrogen-bond donors (Lipinski definition) is 1. The second kappa shape index (κ2) is 6.83. The van der Waals surface area contributed by atoms with E-state index >= 15 is 0 Å². The van der Waals surface area contributed by atoms with Gasteiger partial charge in [0.2, 0.25) is 11.1 Å². The van der Waals surface area contributed by atoms with E-state index in [1.807, 2.05) is 31.3 Å². The lowest BCUT2D eigenvalue weighted by atomic mass is 10.2. The summed E-state index contributed by atoms with van der Waals surface area (Å²) in [5.74, 6) is 1.92. The normalized spacial score (nSPS) is 14.1. The van der Waals surface area contributed by atoms with Gasteiger partial charge in [-0.3, -0.25) is 9.89 Å². The van der Waals surface area contributed by atoms with Crippen LogP contribution in [0.25, 0.3) is 0 Å². The molecule has 0 aliphatic heterocycles. The summed E-state index contributed by atoms with van der Waals surface area (Å²) in [5, 5.41) is 7.77. The Labute approximate surface area is 142 Å². The van der Waals surface area contributed by atoms with Crippen LogP contribution in [0.2, 0.25) is 0 Å². The third kappa shape index (κ3) is 3.89. The van der Waals surface area contributed by atoms with Crippen molar-refractivity contribution < 1.29 is 4.79 Å². The van der Waals surface area contributed by atoms with Crippen molar-refractivity contribution in [3.63, 3.8) is 0 Å². The highest BCUT2D eigenvalue weighted by Gasteiger charge is 2.27. The van der Waals surface area contributed by atoms with Gasteiger partial charge in [-0.05, 0) is 24.5 Å². The molecule has 0 unspecified atom stereocenters. The fraction of sp³-hybridized carbons (Fsp3) is 0.400. The minimum absolute atomic E-state index is 0.0681. The Morgan fingerprint density at radius 3 is 2.95 bits per heavy atom. The third-order valence-corrected chi connectivity index (χ3v) is 5.17. The Morgan fingerprint density at radius 2 is 2.23 bits per heavy atom. The van der Waals surface area contributed by atoms with Crippen LogP contribution in [0.5, 0.6) is 0 Å². The lowest BCUT2D eigenvalue weighted by molar-refractivity contribution is -0.127. The first kappa shape index (κ1) is 15.6. The highest BCUT2D eigenvalue weighted by Crippen LogP contribution is 2.38. The van der Waals surface area contributed by atoms with Gasteiger partial charge >= 0.3 is 0 Å². The molecule has 1 N–H and O–H groups in total. The van der Waals surface area contributed by atoms with Gasteiger partial charge in [0.05, 0.1) is 5.75 Å². The van der Waals surface area contributed by atoms with Crippen molar-refractivity contribution in [2.24, 2.45) is 0 Å². The molecule has 1 saturated carbocycles. The second-order valence-electron chi connectivity index (χ2n) is 5.41. The van der Waals surface area contributed by atoms with Gasteiger partial charge in [0.15, 0.2) is 0 Å². The second-order valence-corrected chi connectivity index (χ2v) is 7.20. The van der Waals surface area contributed by atoms with Gasteiger partial charge in [0.1, 0.15) is 5.82 Å². The molecule has 22 heavy (non-hydrogen) atoms. The van der Waals surface area contributed by atoms with Gasteiger partial charge in [0, 0.05) is 24.0 Å². The van der Waals surface area contributed by atoms with Crippen LogP contribution in [0.4, 0.5) is 0 Å². The molecule has 116 valence electrons. The van der Waals surface area contributed by atoms with Crippen molar-refractivity contribution in [3.8, 4) is 0 Å². The average molecular weight is 381 g/mol. The molecule has 2 aromatic rings. The Bertz CT molecular complexity index is 671. The van der Waals surface area contributed by atoms with Crippen molar-refractivity contribution in [1.29, 1.82) is 0 Å². The summed E-state index contributed by atoms with van der Waals surface area (Å²) in [5.41, 5.74) is 1.09. The lowest BCUT2D eigenvalue weighted by Crippen LogP contribution is -2.27. The van der Waals surface area contributed by atoms with Crippen LogP contribution in [-0.2, 0) is 11.3 Å². The predicted molar refractivity (Wildman–Crippen MR) is 89.7 cm³/mol. The number of amides is 1. The Kier molecular flexibility index (Phi) is 4.83. The van der Waals surface area contributed by atoms with Crippen LogP contribution in [0.15, 0.2) is 33.9 Å². The van der Waals surface area contributed by atoms with Gasteiger partial charge in [-0.25, -0.2) is 4.98 Å². The minimum atomic E-state index is 0.0681. The van der Waals surface area contributed by atoms with Gasteiger partial charge < -0.3 is 4.90 Å². The summed E-state index contributed by atoms with van der Waals surface area (Å²) in [7, 11) is 1.82. The van der Waals surface area contributed by atoms with Crippen molar-refractivity contribution in [2.45, 2.75) is 30.5 Å². The lowest BCUT2D eigenvalue weighted by Gasteiger charge is -2.17. The van der Waals surface area contributed by atoms with Crippen molar-refractivity contribution in [3.05, 3.63) is 40.1 Å². The molecule has 1 aliphatic rings. The number of hydrogen-bond acceptors (Lipinski definition) is 4. The Hall–Kier alpha value is -1.34. The molecule has 7 heteroatoms. The number of H-pyrrole nitrogens is 1. The highest BCUT2D eigenvalue weighted by molar-refractivity contribution is 9.10. The van der Waals surface area contributed by atoms with Gasteiger partial charge in [-0.15, -0.1) is 5.10 Å². The zero-order valence-corrected chi connectivity index (χ0v) is 14.7. The summed E-state index contributed by atoms with van der Waals surface area (Å²) in [6.45, 7) is 0.585. The van der Waals surface area contributed by atoms with Crippen LogP contribution in [-0.4, -0.2) is 38.8 Å². The van der Waals surface area contributed by atoms with Crippen LogP contribution < -0.4 is 0 Å². The first-order valence-electron chi connectivity index (χ1n) is 7.16. The number of rotatable bonds is 6. The molecule has 0 spiro atoms. The van der Waals surface area contributed by atoms with E-state index in [9.17, 15) is 4.79 Å². The van der Waals surface area contributed by atoms with E-state index < -0.39 is 0 Å². The standard InChI is InChI=1S/C15H17BrN4OS/c1-20(8-11-4-2-3-5-12(11)16)13(21)9-22-15-17-14(18-19-15)10-6-7-10/h2-5,10H,6-9H2,1H3,(H,17,18,19). The van der Waals surface area contributed by atoms with Crippen LogP contribution in [0, 0.1) is 0 Å². The number of benzene rings is 1. The smallest absolute Gasteiger partial charge is 0.233 e. The maximum Gasteiger partial charge on any atom is 0.233 e. The predicted octanol–water partition coefficient (Wildman–Crippen LogP) is 3.20. The molecule has 0 bridgehead atoms. The summed E-state index contributed by atoms with van der Waals surface area (Å²) in [4.78, 5) is 18.4.